The first-order valence-electron chi connectivity index (χ1n) is 8.31. The second kappa shape index (κ2) is 6.20. The molecular weight excluding hydrogens is 322 g/mol. The van der Waals surface area contributed by atoms with Crippen LogP contribution in [0.4, 0.5) is 5.69 Å². The van der Waals surface area contributed by atoms with Gasteiger partial charge in [-0.05, 0) is 43.0 Å². The summed E-state index contributed by atoms with van der Waals surface area (Å²) in [5.41, 5.74) is 9.69. The number of hydrazine groups is 1. The quantitative estimate of drug-likeness (QED) is 0.881. The molecule has 0 aromatic heterocycles. The number of carbonyl (C=O) groups is 1. The molecule has 0 bridgehead atoms. The summed E-state index contributed by atoms with van der Waals surface area (Å²) in [6.07, 6.45) is 1.60. The second-order valence-electron chi connectivity index (χ2n) is 6.54. The Morgan fingerprint density at radius 2 is 1.88 bits per heavy atom. The molecule has 0 spiro atoms. The van der Waals surface area contributed by atoms with Gasteiger partial charge in [-0.3, -0.25) is 4.79 Å². The fourth-order valence-electron chi connectivity index (χ4n) is 3.75. The van der Waals surface area contributed by atoms with Gasteiger partial charge in [0, 0.05) is 22.8 Å². The number of rotatable bonds is 2. The fraction of sp³-hybridized carbons (Fsp3) is 0.316. The average molecular weight is 342 g/mol. The first-order valence-corrected chi connectivity index (χ1v) is 8.69. The normalized spacial score (nSPS) is 25.8. The molecule has 4 rings (SSSR count). The predicted molar refractivity (Wildman–Crippen MR) is 96.0 cm³/mol. The van der Waals surface area contributed by atoms with Crippen LogP contribution in [-0.2, 0) is 11.2 Å². The summed E-state index contributed by atoms with van der Waals surface area (Å²) in [5.74, 6) is 0.120. The molecule has 2 aliphatic rings. The third-order valence-corrected chi connectivity index (χ3v) is 5.27. The maximum Gasteiger partial charge on any atom is 0.245 e. The van der Waals surface area contributed by atoms with Gasteiger partial charge in [-0.2, -0.15) is 0 Å². The highest BCUT2D eigenvalue weighted by molar-refractivity contribution is 6.31. The number of carbonyl (C=O) groups excluding carboxylic acids is 1. The van der Waals surface area contributed by atoms with Crippen molar-refractivity contribution in [1.82, 2.24) is 10.9 Å². The van der Waals surface area contributed by atoms with Crippen LogP contribution < -0.4 is 15.8 Å². The first-order chi connectivity index (χ1) is 11.6. The SMILES string of the molecule is CC1Cc2ccccc2N1C(=O)C1CC(c2ccccc2Cl)NN1. The Morgan fingerprint density at radius 1 is 1.12 bits per heavy atom. The van der Waals surface area contributed by atoms with Crippen molar-refractivity contribution < 1.29 is 4.79 Å². The van der Waals surface area contributed by atoms with E-state index in [4.69, 9.17) is 11.6 Å². The van der Waals surface area contributed by atoms with E-state index in [1.54, 1.807) is 0 Å². The maximum atomic E-state index is 13.1. The number of amides is 1. The Balaban J connectivity index is 1.54. The van der Waals surface area contributed by atoms with Crippen molar-refractivity contribution in [2.45, 2.75) is 37.9 Å². The Hall–Kier alpha value is -1.88. The molecule has 2 heterocycles. The van der Waals surface area contributed by atoms with Gasteiger partial charge in [-0.25, -0.2) is 10.9 Å². The van der Waals surface area contributed by atoms with Crippen LogP contribution in [0, 0.1) is 0 Å². The predicted octanol–water partition coefficient (Wildman–Crippen LogP) is 3.23. The molecule has 2 aliphatic heterocycles. The fourth-order valence-corrected chi connectivity index (χ4v) is 4.02. The minimum absolute atomic E-state index is 0.0424. The topological polar surface area (TPSA) is 44.4 Å². The van der Waals surface area contributed by atoms with Crippen LogP contribution in [0.5, 0.6) is 0 Å². The highest BCUT2D eigenvalue weighted by Gasteiger charge is 2.38. The zero-order valence-corrected chi connectivity index (χ0v) is 14.3. The lowest BCUT2D eigenvalue weighted by Gasteiger charge is -2.25. The Kier molecular flexibility index (Phi) is 4.04. The average Bonchev–Trinajstić information content (AvgIpc) is 3.18. The smallest absolute Gasteiger partial charge is 0.245 e. The first kappa shape index (κ1) is 15.6. The van der Waals surface area contributed by atoms with Gasteiger partial charge in [0.05, 0.1) is 0 Å². The summed E-state index contributed by atoms with van der Waals surface area (Å²) in [6, 6.07) is 15.9. The molecule has 3 atom stereocenters. The molecule has 0 radical (unpaired) electrons. The molecule has 2 aromatic rings. The van der Waals surface area contributed by atoms with Crippen molar-refractivity contribution in [1.29, 1.82) is 0 Å². The summed E-state index contributed by atoms with van der Waals surface area (Å²) in [6.45, 7) is 2.10. The molecule has 1 saturated heterocycles. The summed E-state index contributed by atoms with van der Waals surface area (Å²) in [4.78, 5) is 15.0. The third-order valence-electron chi connectivity index (χ3n) is 4.93. The standard InChI is InChI=1S/C19H20ClN3O/c1-12-10-13-6-2-5-9-18(13)23(12)19(24)17-11-16(21-22-17)14-7-3-4-8-15(14)20/h2-9,12,16-17,21-22H,10-11H2,1H3. The summed E-state index contributed by atoms with van der Waals surface area (Å²) in [7, 11) is 0. The molecule has 4 nitrogen and oxygen atoms in total. The third kappa shape index (κ3) is 2.61. The largest absolute Gasteiger partial charge is 0.308 e. The molecule has 2 aromatic carbocycles. The molecule has 5 heteroatoms. The van der Waals surface area contributed by atoms with E-state index in [0.717, 1.165) is 22.7 Å². The number of hydrogen-bond donors (Lipinski definition) is 2. The van der Waals surface area contributed by atoms with Crippen molar-refractivity contribution in [3.05, 3.63) is 64.7 Å². The molecule has 1 fully saturated rings. The van der Waals surface area contributed by atoms with E-state index in [0.29, 0.717) is 6.42 Å². The number of nitrogens with zero attached hydrogens (tertiary/aromatic N) is 1. The van der Waals surface area contributed by atoms with Crippen molar-refractivity contribution >= 4 is 23.2 Å². The lowest BCUT2D eigenvalue weighted by atomic mass is 10.0. The zero-order valence-electron chi connectivity index (χ0n) is 13.5. The van der Waals surface area contributed by atoms with E-state index >= 15 is 0 Å². The van der Waals surface area contributed by atoms with E-state index in [2.05, 4.69) is 23.8 Å². The van der Waals surface area contributed by atoms with E-state index in [1.807, 2.05) is 47.4 Å². The van der Waals surface area contributed by atoms with Crippen molar-refractivity contribution in [3.8, 4) is 0 Å². The van der Waals surface area contributed by atoms with Crippen LogP contribution in [0.25, 0.3) is 0 Å². The molecule has 2 N–H and O–H groups in total. The Morgan fingerprint density at radius 3 is 2.71 bits per heavy atom. The molecular formula is C19H20ClN3O. The molecule has 0 saturated carbocycles. The lowest BCUT2D eigenvalue weighted by molar-refractivity contribution is -0.120. The van der Waals surface area contributed by atoms with Gasteiger partial charge in [-0.15, -0.1) is 0 Å². The Labute approximate surface area is 146 Å². The molecule has 1 amide bonds. The highest BCUT2D eigenvalue weighted by atomic mass is 35.5. The number of hydrogen-bond acceptors (Lipinski definition) is 3. The van der Waals surface area contributed by atoms with Crippen LogP contribution in [-0.4, -0.2) is 18.0 Å². The molecule has 3 unspecified atom stereocenters. The van der Waals surface area contributed by atoms with Crippen molar-refractivity contribution in [2.75, 3.05) is 4.90 Å². The number of halogens is 1. The minimum atomic E-state index is -0.250. The van der Waals surface area contributed by atoms with Crippen LogP contribution in [0.2, 0.25) is 5.02 Å². The molecule has 24 heavy (non-hydrogen) atoms. The van der Waals surface area contributed by atoms with Crippen LogP contribution in [0.3, 0.4) is 0 Å². The van der Waals surface area contributed by atoms with Gasteiger partial charge in [0.15, 0.2) is 0 Å². The van der Waals surface area contributed by atoms with Gasteiger partial charge in [-0.1, -0.05) is 48.0 Å². The molecule has 0 aliphatic carbocycles. The Bertz CT molecular complexity index is 779. The zero-order chi connectivity index (χ0) is 16.7. The number of benzene rings is 2. The van der Waals surface area contributed by atoms with Crippen LogP contribution >= 0.6 is 11.6 Å². The van der Waals surface area contributed by atoms with E-state index < -0.39 is 0 Å². The van der Waals surface area contributed by atoms with Gasteiger partial charge in [0.25, 0.3) is 0 Å². The number of fused-ring (bicyclic) bond motifs is 1. The minimum Gasteiger partial charge on any atom is -0.308 e. The summed E-state index contributed by atoms with van der Waals surface area (Å²) < 4.78 is 0. The number of anilines is 1. The lowest BCUT2D eigenvalue weighted by Crippen LogP contribution is -2.47. The second-order valence-corrected chi connectivity index (χ2v) is 6.95. The highest BCUT2D eigenvalue weighted by Crippen LogP contribution is 2.34. The van der Waals surface area contributed by atoms with E-state index in [1.165, 1.54) is 5.56 Å². The van der Waals surface area contributed by atoms with Crippen molar-refractivity contribution in [2.24, 2.45) is 0 Å². The van der Waals surface area contributed by atoms with Crippen molar-refractivity contribution in [3.63, 3.8) is 0 Å². The van der Waals surface area contributed by atoms with Gasteiger partial charge in [0.2, 0.25) is 5.91 Å². The number of para-hydroxylation sites is 1. The van der Waals surface area contributed by atoms with Gasteiger partial charge >= 0.3 is 0 Å². The monoisotopic (exact) mass is 341 g/mol. The van der Waals surface area contributed by atoms with Gasteiger partial charge < -0.3 is 4.90 Å². The summed E-state index contributed by atoms with van der Waals surface area (Å²) in [5, 5.41) is 0.727. The van der Waals surface area contributed by atoms with Gasteiger partial charge in [0.1, 0.15) is 6.04 Å². The number of nitrogens with one attached hydrogen (secondary N) is 2. The van der Waals surface area contributed by atoms with Crippen LogP contribution in [0.15, 0.2) is 48.5 Å². The van der Waals surface area contributed by atoms with E-state index in [-0.39, 0.29) is 24.0 Å². The van der Waals surface area contributed by atoms with E-state index in [9.17, 15) is 4.79 Å². The molecule has 124 valence electrons. The maximum absolute atomic E-state index is 13.1. The van der Waals surface area contributed by atoms with Crippen LogP contribution in [0.1, 0.15) is 30.5 Å². The summed E-state index contributed by atoms with van der Waals surface area (Å²) >= 11 is 6.29.